The van der Waals surface area contributed by atoms with Crippen LogP contribution < -0.4 is 11.1 Å². The third kappa shape index (κ3) is 5.05. The fraction of sp³-hybridized carbons (Fsp3) is 0.133. The maximum atomic E-state index is 10.9. The lowest BCUT2D eigenvalue weighted by Crippen LogP contribution is -2.13. The van der Waals surface area contributed by atoms with Crippen LogP contribution in [0.15, 0.2) is 56.3 Å². The van der Waals surface area contributed by atoms with Crippen LogP contribution in [-0.4, -0.2) is 11.7 Å². The number of para-hydroxylation sites is 1. The minimum Gasteiger partial charge on any atom is -0.380 e. The number of benzene rings is 2. The summed E-state index contributed by atoms with van der Waals surface area (Å²) in [6.45, 7) is 0.708. The lowest BCUT2D eigenvalue weighted by atomic mass is 10.2. The van der Waals surface area contributed by atoms with Gasteiger partial charge < -0.3 is 11.1 Å². The summed E-state index contributed by atoms with van der Waals surface area (Å²) in [6, 6.07) is 14.0. The number of carbonyl (C=O) groups excluding carboxylic acids is 1. The van der Waals surface area contributed by atoms with Gasteiger partial charge in [0, 0.05) is 26.1 Å². The highest BCUT2D eigenvalue weighted by Gasteiger charge is 2.05. The highest BCUT2D eigenvalue weighted by molar-refractivity contribution is 9.13. The normalized spacial score (nSPS) is 10.4. The van der Waals surface area contributed by atoms with Crippen molar-refractivity contribution in [3.05, 3.63) is 57.0 Å². The highest BCUT2D eigenvalue weighted by atomic mass is 79.9. The summed E-state index contributed by atoms with van der Waals surface area (Å²) in [5.74, 6) is -0.0330. The van der Waals surface area contributed by atoms with Gasteiger partial charge in [-0.25, -0.2) is 0 Å². The van der Waals surface area contributed by atoms with Crippen LogP contribution in [0.2, 0.25) is 0 Å². The molecule has 0 atom stereocenters. The van der Waals surface area contributed by atoms with Crippen LogP contribution >= 0.6 is 43.6 Å². The predicted molar refractivity (Wildman–Crippen MR) is 95.5 cm³/mol. The average molecular weight is 430 g/mol. The van der Waals surface area contributed by atoms with Crippen molar-refractivity contribution in [2.24, 2.45) is 5.73 Å². The van der Waals surface area contributed by atoms with E-state index in [9.17, 15) is 4.79 Å². The zero-order valence-electron chi connectivity index (χ0n) is 11.1. The number of primary amides is 1. The Morgan fingerprint density at radius 1 is 1.14 bits per heavy atom. The number of thioether (sulfide) groups is 1. The summed E-state index contributed by atoms with van der Waals surface area (Å²) in [4.78, 5) is 11.9. The molecule has 110 valence electrons. The van der Waals surface area contributed by atoms with Gasteiger partial charge in [-0.2, -0.15) is 0 Å². The van der Waals surface area contributed by atoms with Gasteiger partial charge in [0.25, 0.3) is 0 Å². The second kappa shape index (κ2) is 7.87. The lowest BCUT2D eigenvalue weighted by Gasteiger charge is -2.11. The van der Waals surface area contributed by atoms with Gasteiger partial charge in [0.1, 0.15) is 0 Å². The van der Waals surface area contributed by atoms with Gasteiger partial charge in [-0.1, -0.05) is 18.2 Å². The summed E-state index contributed by atoms with van der Waals surface area (Å²) < 4.78 is 2.06. The van der Waals surface area contributed by atoms with Crippen molar-refractivity contribution >= 4 is 55.2 Å². The highest BCUT2D eigenvalue weighted by Crippen LogP contribution is 2.28. The molecule has 0 bridgehead atoms. The standard InChI is InChI=1S/C15H14Br2N2OS/c16-11-6-5-10(7-12(11)17)8-19-13-3-1-2-4-14(13)21-9-15(18)20/h1-7,19H,8-9H2,(H2,18,20). The second-order valence-electron chi connectivity index (χ2n) is 4.35. The largest absolute Gasteiger partial charge is 0.380 e. The van der Waals surface area contributed by atoms with Gasteiger partial charge in [-0.3, -0.25) is 4.79 Å². The molecule has 3 N–H and O–H groups in total. The smallest absolute Gasteiger partial charge is 0.227 e. The molecule has 0 aliphatic carbocycles. The van der Waals surface area contributed by atoms with Gasteiger partial charge in [0.05, 0.1) is 5.75 Å². The molecule has 0 saturated carbocycles. The Kier molecular flexibility index (Phi) is 6.14. The molecule has 0 aliphatic heterocycles. The summed E-state index contributed by atoms with van der Waals surface area (Å²) in [5.41, 5.74) is 7.37. The summed E-state index contributed by atoms with van der Waals surface area (Å²) >= 11 is 8.40. The Morgan fingerprint density at radius 3 is 2.62 bits per heavy atom. The van der Waals surface area contributed by atoms with Gasteiger partial charge in [-0.05, 0) is 61.7 Å². The SMILES string of the molecule is NC(=O)CSc1ccccc1NCc1ccc(Br)c(Br)c1. The van der Waals surface area contributed by atoms with Gasteiger partial charge in [-0.15, -0.1) is 11.8 Å². The van der Waals surface area contributed by atoms with Crippen LogP contribution in [0.1, 0.15) is 5.56 Å². The van der Waals surface area contributed by atoms with E-state index >= 15 is 0 Å². The van der Waals surface area contributed by atoms with Crippen LogP contribution in [-0.2, 0) is 11.3 Å². The van der Waals surface area contributed by atoms with E-state index in [0.717, 1.165) is 19.5 Å². The first-order valence-electron chi connectivity index (χ1n) is 6.24. The van der Waals surface area contributed by atoms with E-state index in [2.05, 4.69) is 49.3 Å². The van der Waals surface area contributed by atoms with E-state index in [1.54, 1.807) is 0 Å². The second-order valence-corrected chi connectivity index (χ2v) is 7.08. The Hall–Kier alpha value is -0.980. The molecule has 2 aromatic carbocycles. The molecule has 0 unspecified atom stereocenters. The summed E-state index contributed by atoms with van der Waals surface area (Å²) in [7, 11) is 0. The third-order valence-electron chi connectivity index (χ3n) is 2.72. The molecule has 0 aliphatic rings. The van der Waals surface area contributed by atoms with E-state index in [0.29, 0.717) is 6.54 Å². The first-order chi connectivity index (χ1) is 10.1. The Morgan fingerprint density at radius 2 is 1.90 bits per heavy atom. The first kappa shape index (κ1) is 16.4. The van der Waals surface area contributed by atoms with Crippen LogP contribution in [0.25, 0.3) is 0 Å². The Bertz CT molecular complexity index is 649. The monoisotopic (exact) mass is 428 g/mol. The van der Waals surface area contributed by atoms with Crippen molar-refractivity contribution in [1.29, 1.82) is 0 Å². The minimum atomic E-state index is -0.313. The number of rotatable bonds is 6. The molecule has 0 saturated heterocycles. The van der Waals surface area contributed by atoms with E-state index in [-0.39, 0.29) is 11.7 Å². The van der Waals surface area contributed by atoms with Crippen LogP contribution in [0, 0.1) is 0 Å². The molecule has 0 heterocycles. The molecule has 21 heavy (non-hydrogen) atoms. The van der Waals surface area contributed by atoms with Crippen LogP contribution in [0.5, 0.6) is 0 Å². The lowest BCUT2D eigenvalue weighted by molar-refractivity contribution is -0.115. The van der Waals surface area contributed by atoms with Crippen molar-refractivity contribution in [3.8, 4) is 0 Å². The molecule has 0 aromatic heterocycles. The fourth-order valence-corrected chi connectivity index (χ4v) is 3.18. The minimum absolute atomic E-state index is 0.280. The van der Waals surface area contributed by atoms with E-state index in [1.165, 1.54) is 17.3 Å². The maximum absolute atomic E-state index is 10.9. The van der Waals surface area contributed by atoms with Gasteiger partial charge in [0.2, 0.25) is 5.91 Å². The van der Waals surface area contributed by atoms with Gasteiger partial charge in [0.15, 0.2) is 0 Å². The van der Waals surface area contributed by atoms with E-state index in [1.807, 2.05) is 30.3 Å². The van der Waals surface area contributed by atoms with E-state index in [4.69, 9.17) is 5.73 Å². The topological polar surface area (TPSA) is 55.1 Å². The fourth-order valence-electron chi connectivity index (χ4n) is 1.73. The molecule has 0 radical (unpaired) electrons. The molecule has 2 aromatic rings. The van der Waals surface area contributed by atoms with Crippen molar-refractivity contribution in [1.82, 2.24) is 0 Å². The number of hydrogen-bond donors (Lipinski definition) is 2. The summed E-state index contributed by atoms with van der Waals surface area (Å²) in [5, 5.41) is 3.39. The molecular weight excluding hydrogens is 416 g/mol. The predicted octanol–water partition coefficient (Wildman–Crippen LogP) is 4.40. The quantitative estimate of drug-likeness (QED) is 0.669. The average Bonchev–Trinajstić information content (AvgIpc) is 2.47. The Balaban J connectivity index is 2.05. The van der Waals surface area contributed by atoms with Crippen molar-refractivity contribution < 1.29 is 4.79 Å². The zero-order chi connectivity index (χ0) is 15.2. The van der Waals surface area contributed by atoms with Crippen molar-refractivity contribution in [2.75, 3.05) is 11.1 Å². The molecule has 6 heteroatoms. The van der Waals surface area contributed by atoms with E-state index < -0.39 is 0 Å². The number of hydrogen-bond acceptors (Lipinski definition) is 3. The Labute approximate surface area is 144 Å². The zero-order valence-corrected chi connectivity index (χ0v) is 15.1. The summed E-state index contributed by atoms with van der Waals surface area (Å²) in [6.07, 6.45) is 0. The molecule has 1 amide bonds. The molecule has 2 rings (SSSR count). The van der Waals surface area contributed by atoms with Crippen molar-refractivity contribution in [2.45, 2.75) is 11.4 Å². The van der Waals surface area contributed by atoms with Crippen LogP contribution in [0.3, 0.4) is 0 Å². The molecule has 0 fully saturated rings. The van der Waals surface area contributed by atoms with Crippen LogP contribution in [0.4, 0.5) is 5.69 Å². The molecule has 0 spiro atoms. The number of anilines is 1. The molecule has 3 nitrogen and oxygen atoms in total. The number of halogens is 2. The number of amides is 1. The molecular formula is C15H14Br2N2OS. The number of carbonyl (C=O) groups is 1. The maximum Gasteiger partial charge on any atom is 0.227 e. The first-order valence-corrected chi connectivity index (χ1v) is 8.81. The number of nitrogens with one attached hydrogen (secondary N) is 1. The third-order valence-corrected chi connectivity index (χ3v) is 5.70. The van der Waals surface area contributed by atoms with Crippen molar-refractivity contribution in [3.63, 3.8) is 0 Å². The van der Waals surface area contributed by atoms with Gasteiger partial charge >= 0.3 is 0 Å². The number of nitrogens with two attached hydrogens (primary N) is 1.